The number of hydrogen-bond acceptors (Lipinski definition) is 3. The summed E-state index contributed by atoms with van der Waals surface area (Å²) in [6.07, 6.45) is 3.51. The van der Waals surface area contributed by atoms with Crippen LogP contribution in [0.25, 0.3) is 0 Å². The zero-order valence-corrected chi connectivity index (χ0v) is 12.7. The fourth-order valence-corrected chi connectivity index (χ4v) is 3.13. The Kier molecular flexibility index (Phi) is 4.99. The molecule has 0 aromatic heterocycles. The number of aliphatic hydroxyl groups is 1. The highest BCUT2D eigenvalue weighted by Gasteiger charge is 2.38. The molecule has 21 heavy (non-hydrogen) atoms. The second-order valence-corrected chi connectivity index (χ2v) is 5.87. The Morgan fingerprint density at radius 2 is 2.10 bits per heavy atom. The average Bonchev–Trinajstić information content (AvgIpc) is 2.48. The van der Waals surface area contributed by atoms with Gasteiger partial charge in [0, 0.05) is 17.9 Å². The third-order valence-electron chi connectivity index (χ3n) is 4.44. The Morgan fingerprint density at radius 1 is 1.43 bits per heavy atom. The van der Waals surface area contributed by atoms with Crippen LogP contribution in [-0.4, -0.2) is 18.0 Å². The first-order chi connectivity index (χ1) is 10.00. The lowest BCUT2D eigenvalue weighted by molar-refractivity contribution is -0.126. The minimum atomic E-state index is -1.19. The number of methoxy groups -OCH3 is 1. The Bertz CT molecular complexity index is 505. The summed E-state index contributed by atoms with van der Waals surface area (Å²) < 4.78 is 19.1. The van der Waals surface area contributed by atoms with Crippen molar-refractivity contribution in [3.8, 4) is 5.75 Å². The predicted octanol–water partition coefficient (Wildman–Crippen LogP) is 3.58. The topological polar surface area (TPSA) is 46.5 Å². The van der Waals surface area contributed by atoms with E-state index in [1.54, 1.807) is 12.1 Å². The van der Waals surface area contributed by atoms with E-state index in [1.807, 2.05) is 6.92 Å². The SMILES string of the molecule is CCCC(=O)C1CCC(O)(c2cc(OC)ccc2F)CC1. The maximum absolute atomic E-state index is 14.0. The number of benzene rings is 1. The molecule has 0 radical (unpaired) electrons. The van der Waals surface area contributed by atoms with Crippen LogP contribution in [0, 0.1) is 11.7 Å². The van der Waals surface area contributed by atoms with Gasteiger partial charge in [-0.2, -0.15) is 0 Å². The van der Waals surface area contributed by atoms with Crippen molar-refractivity contribution in [3.63, 3.8) is 0 Å². The van der Waals surface area contributed by atoms with Gasteiger partial charge in [-0.25, -0.2) is 4.39 Å². The van der Waals surface area contributed by atoms with Crippen LogP contribution in [-0.2, 0) is 10.4 Å². The van der Waals surface area contributed by atoms with Gasteiger partial charge in [-0.15, -0.1) is 0 Å². The molecule has 1 aliphatic carbocycles. The van der Waals surface area contributed by atoms with Gasteiger partial charge in [0.15, 0.2) is 0 Å². The molecule has 1 saturated carbocycles. The molecule has 4 heteroatoms. The summed E-state index contributed by atoms with van der Waals surface area (Å²) in [7, 11) is 1.52. The quantitative estimate of drug-likeness (QED) is 0.903. The normalized spacial score (nSPS) is 25.6. The Morgan fingerprint density at radius 3 is 2.67 bits per heavy atom. The standard InChI is InChI=1S/C17H23FO3/c1-3-4-16(19)12-7-9-17(20,10-8-12)14-11-13(21-2)5-6-15(14)18/h5-6,11-12,20H,3-4,7-10H2,1-2H3. The van der Waals surface area contributed by atoms with Gasteiger partial charge in [0.1, 0.15) is 17.3 Å². The molecule has 1 aromatic carbocycles. The molecule has 3 nitrogen and oxygen atoms in total. The van der Waals surface area contributed by atoms with Crippen LogP contribution in [0.1, 0.15) is 51.0 Å². The van der Waals surface area contributed by atoms with Gasteiger partial charge in [0.05, 0.1) is 12.7 Å². The summed E-state index contributed by atoms with van der Waals surface area (Å²) >= 11 is 0. The van der Waals surface area contributed by atoms with Crippen LogP contribution in [0.2, 0.25) is 0 Å². The van der Waals surface area contributed by atoms with E-state index >= 15 is 0 Å². The number of halogens is 1. The number of ketones is 1. The molecule has 1 aromatic rings. The Balaban J connectivity index is 2.13. The molecule has 0 amide bonds. The minimum Gasteiger partial charge on any atom is -0.497 e. The molecule has 0 aliphatic heterocycles. The maximum atomic E-state index is 14.0. The first-order valence-electron chi connectivity index (χ1n) is 7.59. The second kappa shape index (κ2) is 6.56. The molecule has 1 fully saturated rings. The third kappa shape index (κ3) is 3.43. The molecule has 0 atom stereocenters. The van der Waals surface area contributed by atoms with Crippen LogP contribution in [0.3, 0.4) is 0 Å². The predicted molar refractivity (Wildman–Crippen MR) is 78.7 cm³/mol. The number of Topliss-reactive ketones (excluding diaryl/α,β-unsaturated/α-hetero) is 1. The van der Waals surface area contributed by atoms with Crippen LogP contribution >= 0.6 is 0 Å². The van der Waals surface area contributed by atoms with E-state index in [2.05, 4.69) is 0 Å². The van der Waals surface area contributed by atoms with E-state index in [1.165, 1.54) is 13.2 Å². The monoisotopic (exact) mass is 294 g/mol. The molecule has 0 bridgehead atoms. The lowest BCUT2D eigenvalue weighted by Gasteiger charge is -2.36. The number of ether oxygens (including phenoxy) is 1. The molecular formula is C17H23FO3. The van der Waals surface area contributed by atoms with E-state index in [9.17, 15) is 14.3 Å². The molecule has 0 unspecified atom stereocenters. The van der Waals surface area contributed by atoms with Gasteiger partial charge in [-0.05, 0) is 50.3 Å². The van der Waals surface area contributed by atoms with E-state index in [4.69, 9.17) is 4.74 Å². The van der Waals surface area contributed by atoms with Gasteiger partial charge in [-0.1, -0.05) is 6.92 Å². The van der Waals surface area contributed by atoms with Crippen molar-refractivity contribution in [3.05, 3.63) is 29.6 Å². The van der Waals surface area contributed by atoms with Crippen molar-refractivity contribution >= 4 is 5.78 Å². The zero-order valence-electron chi connectivity index (χ0n) is 12.7. The highest BCUT2D eigenvalue weighted by Crippen LogP contribution is 2.42. The average molecular weight is 294 g/mol. The van der Waals surface area contributed by atoms with Crippen molar-refractivity contribution in [1.82, 2.24) is 0 Å². The van der Waals surface area contributed by atoms with E-state index in [-0.39, 0.29) is 17.3 Å². The first kappa shape index (κ1) is 16.0. The third-order valence-corrected chi connectivity index (χ3v) is 4.44. The highest BCUT2D eigenvalue weighted by atomic mass is 19.1. The van der Waals surface area contributed by atoms with Crippen LogP contribution in [0.5, 0.6) is 5.75 Å². The maximum Gasteiger partial charge on any atom is 0.135 e. The second-order valence-electron chi connectivity index (χ2n) is 5.87. The summed E-state index contributed by atoms with van der Waals surface area (Å²) in [5.41, 5.74) is -0.912. The van der Waals surface area contributed by atoms with Gasteiger partial charge >= 0.3 is 0 Å². The van der Waals surface area contributed by atoms with Crippen molar-refractivity contribution in [2.75, 3.05) is 7.11 Å². The largest absolute Gasteiger partial charge is 0.497 e. The van der Waals surface area contributed by atoms with Crippen LogP contribution < -0.4 is 4.74 Å². The number of carbonyl (C=O) groups excluding carboxylic acids is 1. The summed E-state index contributed by atoms with van der Waals surface area (Å²) in [5.74, 6) is 0.394. The summed E-state index contributed by atoms with van der Waals surface area (Å²) in [6, 6.07) is 4.42. The minimum absolute atomic E-state index is 0.0129. The smallest absolute Gasteiger partial charge is 0.135 e. The fraction of sp³-hybridized carbons (Fsp3) is 0.588. The van der Waals surface area contributed by atoms with Gasteiger partial charge < -0.3 is 9.84 Å². The first-order valence-corrected chi connectivity index (χ1v) is 7.59. The Labute approximate surface area is 125 Å². The molecule has 0 heterocycles. The van der Waals surface area contributed by atoms with Gasteiger partial charge in [-0.3, -0.25) is 4.79 Å². The van der Waals surface area contributed by atoms with E-state index < -0.39 is 11.4 Å². The molecule has 116 valence electrons. The summed E-state index contributed by atoms with van der Waals surface area (Å²) in [5, 5.41) is 10.8. The highest BCUT2D eigenvalue weighted by molar-refractivity contribution is 5.81. The molecular weight excluding hydrogens is 271 g/mol. The number of hydrogen-bond donors (Lipinski definition) is 1. The van der Waals surface area contributed by atoms with Gasteiger partial charge in [0.2, 0.25) is 0 Å². The van der Waals surface area contributed by atoms with Crippen molar-refractivity contribution in [2.45, 2.75) is 51.0 Å². The van der Waals surface area contributed by atoms with Crippen LogP contribution in [0.15, 0.2) is 18.2 Å². The Hall–Kier alpha value is -1.42. The van der Waals surface area contributed by atoms with E-state index in [0.29, 0.717) is 37.9 Å². The lowest BCUT2D eigenvalue weighted by atomic mass is 9.73. The zero-order chi connectivity index (χ0) is 15.5. The number of carbonyl (C=O) groups is 1. The van der Waals surface area contributed by atoms with Gasteiger partial charge in [0.25, 0.3) is 0 Å². The van der Waals surface area contributed by atoms with Crippen LogP contribution in [0.4, 0.5) is 4.39 Å². The molecule has 0 spiro atoms. The molecule has 1 N–H and O–H groups in total. The fourth-order valence-electron chi connectivity index (χ4n) is 3.13. The molecule has 1 aliphatic rings. The van der Waals surface area contributed by atoms with E-state index in [0.717, 1.165) is 6.42 Å². The lowest BCUT2D eigenvalue weighted by Crippen LogP contribution is -2.34. The summed E-state index contributed by atoms with van der Waals surface area (Å²) in [6.45, 7) is 1.99. The van der Waals surface area contributed by atoms with Crippen molar-refractivity contribution in [1.29, 1.82) is 0 Å². The molecule has 0 saturated heterocycles. The number of rotatable bonds is 5. The van der Waals surface area contributed by atoms with Crippen molar-refractivity contribution in [2.24, 2.45) is 5.92 Å². The van der Waals surface area contributed by atoms with Crippen molar-refractivity contribution < 1.29 is 19.0 Å². The summed E-state index contributed by atoms with van der Waals surface area (Å²) in [4.78, 5) is 11.9. The molecule has 2 rings (SSSR count).